The first-order chi connectivity index (χ1) is 8.17. The van der Waals surface area contributed by atoms with Gasteiger partial charge < -0.3 is 10.6 Å². The van der Waals surface area contributed by atoms with E-state index in [4.69, 9.17) is 0 Å². The summed E-state index contributed by atoms with van der Waals surface area (Å²) >= 11 is 0. The minimum Gasteiger partial charge on any atom is -0.384 e. The van der Waals surface area contributed by atoms with Gasteiger partial charge in [0.25, 0.3) is 0 Å². The maximum Gasteiger partial charge on any atom is 0.0399 e. The zero-order valence-corrected chi connectivity index (χ0v) is 11.3. The topological polar surface area (TPSA) is 24.1 Å². The molecule has 2 rings (SSSR count). The molecule has 0 aliphatic heterocycles. The molecule has 0 amide bonds. The predicted molar refractivity (Wildman–Crippen MR) is 74.6 cm³/mol. The molecule has 0 unspecified atom stereocenters. The molecule has 1 aliphatic rings. The van der Waals surface area contributed by atoms with Gasteiger partial charge in [-0.1, -0.05) is 24.6 Å². The van der Waals surface area contributed by atoms with Gasteiger partial charge >= 0.3 is 0 Å². The summed E-state index contributed by atoms with van der Waals surface area (Å²) in [5.74, 6) is 0. The molecule has 0 aromatic heterocycles. The van der Waals surface area contributed by atoms with Crippen LogP contribution in [0.3, 0.4) is 0 Å². The van der Waals surface area contributed by atoms with E-state index in [-0.39, 0.29) is 0 Å². The van der Waals surface area contributed by atoms with Gasteiger partial charge in [-0.05, 0) is 44.9 Å². The number of hydrogen-bond acceptors (Lipinski definition) is 2. The molecule has 0 heterocycles. The molecule has 0 saturated heterocycles. The number of rotatable bonds is 5. The molecule has 0 bridgehead atoms. The van der Waals surface area contributed by atoms with Gasteiger partial charge in [0.05, 0.1) is 0 Å². The lowest BCUT2D eigenvalue weighted by molar-refractivity contribution is 0.151. The van der Waals surface area contributed by atoms with Gasteiger partial charge in [-0.15, -0.1) is 0 Å². The molecule has 1 fully saturated rings. The van der Waals surface area contributed by atoms with Crippen LogP contribution in [0.1, 0.15) is 30.4 Å². The van der Waals surface area contributed by atoms with Gasteiger partial charge in [-0.25, -0.2) is 0 Å². The summed E-state index contributed by atoms with van der Waals surface area (Å²) in [6.45, 7) is 6.59. The van der Waals surface area contributed by atoms with Crippen molar-refractivity contribution in [1.29, 1.82) is 0 Å². The fraction of sp³-hybridized carbons (Fsp3) is 0.600. The Morgan fingerprint density at radius 2 is 1.76 bits per heavy atom. The van der Waals surface area contributed by atoms with E-state index < -0.39 is 0 Å². The molecule has 1 saturated carbocycles. The Morgan fingerprint density at radius 3 is 2.24 bits per heavy atom. The van der Waals surface area contributed by atoms with Crippen LogP contribution >= 0.6 is 0 Å². The van der Waals surface area contributed by atoms with Crippen molar-refractivity contribution in [3.05, 3.63) is 29.3 Å². The summed E-state index contributed by atoms with van der Waals surface area (Å²) in [4.78, 5) is 0. The van der Waals surface area contributed by atoms with Crippen molar-refractivity contribution in [2.75, 3.05) is 25.5 Å². The fourth-order valence-corrected chi connectivity index (χ4v) is 2.84. The second-order valence-corrected chi connectivity index (χ2v) is 5.50. The van der Waals surface area contributed by atoms with Crippen LogP contribution in [-0.4, -0.2) is 20.1 Å². The highest BCUT2D eigenvalue weighted by Crippen LogP contribution is 2.40. The molecule has 1 aliphatic carbocycles. The Hall–Kier alpha value is -1.02. The van der Waals surface area contributed by atoms with Crippen LogP contribution in [0.2, 0.25) is 0 Å². The summed E-state index contributed by atoms with van der Waals surface area (Å²) < 4.78 is 0. The summed E-state index contributed by atoms with van der Waals surface area (Å²) in [7, 11) is 2.05. The van der Waals surface area contributed by atoms with Crippen molar-refractivity contribution in [3.8, 4) is 0 Å². The van der Waals surface area contributed by atoms with E-state index in [9.17, 15) is 0 Å². The summed E-state index contributed by atoms with van der Waals surface area (Å²) in [6.07, 6.45) is 4.09. The van der Waals surface area contributed by atoms with Crippen LogP contribution in [0, 0.1) is 19.3 Å². The molecule has 2 heteroatoms. The normalized spacial score (nSPS) is 17.6. The van der Waals surface area contributed by atoms with Crippen molar-refractivity contribution in [2.24, 2.45) is 5.41 Å². The van der Waals surface area contributed by atoms with Crippen LogP contribution < -0.4 is 10.6 Å². The van der Waals surface area contributed by atoms with Crippen LogP contribution in [0.15, 0.2) is 18.2 Å². The van der Waals surface area contributed by atoms with Crippen molar-refractivity contribution in [3.63, 3.8) is 0 Å². The van der Waals surface area contributed by atoms with Gasteiger partial charge in [0, 0.05) is 24.2 Å². The lowest BCUT2D eigenvalue weighted by Gasteiger charge is -2.42. The smallest absolute Gasteiger partial charge is 0.0399 e. The fourth-order valence-electron chi connectivity index (χ4n) is 2.84. The zero-order valence-electron chi connectivity index (χ0n) is 11.3. The molecule has 0 radical (unpaired) electrons. The molecule has 2 N–H and O–H groups in total. The lowest BCUT2D eigenvalue weighted by Crippen LogP contribution is -2.44. The Balaban J connectivity index is 2.02. The molecular weight excluding hydrogens is 208 g/mol. The number of hydrogen-bond donors (Lipinski definition) is 2. The average Bonchev–Trinajstić information content (AvgIpc) is 2.24. The van der Waals surface area contributed by atoms with E-state index >= 15 is 0 Å². The summed E-state index contributed by atoms with van der Waals surface area (Å²) in [6, 6.07) is 6.49. The highest BCUT2D eigenvalue weighted by atomic mass is 14.9. The lowest BCUT2D eigenvalue weighted by atomic mass is 9.68. The van der Waals surface area contributed by atoms with Crippen LogP contribution in [0.25, 0.3) is 0 Å². The van der Waals surface area contributed by atoms with Gasteiger partial charge in [-0.2, -0.15) is 0 Å². The highest BCUT2D eigenvalue weighted by molar-refractivity contribution is 5.56. The molecule has 0 atom stereocenters. The second-order valence-electron chi connectivity index (χ2n) is 5.50. The van der Waals surface area contributed by atoms with Crippen LogP contribution in [0.4, 0.5) is 5.69 Å². The molecular formula is C15H24N2. The molecule has 1 aromatic carbocycles. The van der Waals surface area contributed by atoms with Crippen LogP contribution in [-0.2, 0) is 0 Å². The van der Waals surface area contributed by atoms with Gasteiger partial charge in [-0.3, -0.25) is 0 Å². The van der Waals surface area contributed by atoms with E-state index in [2.05, 4.69) is 49.7 Å². The third kappa shape index (κ3) is 2.63. The van der Waals surface area contributed by atoms with Crippen molar-refractivity contribution in [1.82, 2.24) is 5.32 Å². The summed E-state index contributed by atoms with van der Waals surface area (Å²) in [5, 5.41) is 7.00. The third-order valence-corrected chi connectivity index (χ3v) is 4.09. The van der Waals surface area contributed by atoms with E-state index in [1.54, 1.807) is 0 Å². The Labute approximate surface area is 105 Å². The first-order valence-corrected chi connectivity index (χ1v) is 6.62. The average molecular weight is 232 g/mol. The van der Waals surface area contributed by atoms with Crippen molar-refractivity contribution < 1.29 is 0 Å². The molecule has 1 aromatic rings. The quantitative estimate of drug-likeness (QED) is 0.815. The predicted octanol–water partition coefficient (Wildman–Crippen LogP) is 3.11. The largest absolute Gasteiger partial charge is 0.384 e. The summed E-state index contributed by atoms with van der Waals surface area (Å²) in [5.41, 5.74) is 4.52. The molecule has 2 nitrogen and oxygen atoms in total. The maximum absolute atomic E-state index is 3.67. The van der Waals surface area contributed by atoms with Crippen LogP contribution in [0.5, 0.6) is 0 Å². The minimum absolute atomic E-state index is 0.490. The Morgan fingerprint density at radius 1 is 1.12 bits per heavy atom. The first-order valence-electron chi connectivity index (χ1n) is 6.62. The zero-order chi connectivity index (χ0) is 12.3. The van der Waals surface area contributed by atoms with Crippen molar-refractivity contribution >= 4 is 5.69 Å². The minimum atomic E-state index is 0.490. The number of aryl methyl sites for hydroxylation is 2. The van der Waals surface area contributed by atoms with E-state index in [0.29, 0.717) is 5.41 Å². The van der Waals surface area contributed by atoms with E-state index in [0.717, 1.165) is 13.1 Å². The van der Waals surface area contributed by atoms with Gasteiger partial charge in [0.1, 0.15) is 0 Å². The van der Waals surface area contributed by atoms with E-state index in [1.807, 2.05) is 0 Å². The van der Waals surface area contributed by atoms with Crippen molar-refractivity contribution in [2.45, 2.75) is 33.1 Å². The SMILES string of the molecule is CNCC1(CNc2c(C)cccc2C)CCC1. The number of anilines is 1. The first kappa shape index (κ1) is 12.4. The number of benzene rings is 1. The number of para-hydroxylation sites is 1. The second kappa shape index (κ2) is 5.09. The molecule has 0 spiro atoms. The maximum atomic E-state index is 3.67. The Kier molecular flexibility index (Phi) is 3.72. The Bertz CT molecular complexity index is 360. The monoisotopic (exact) mass is 232 g/mol. The van der Waals surface area contributed by atoms with Gasteiger partial charge in [0.15, 0.2) is 0 Å². The molecule has 17 heavy (non-hydrogen) atoms. The molecule has 94 valence electrons. The van der Waals surface area contributed by atoms with E-state index in [1.165, 1.54) is 36.1 Å². The standard InChI is InChI=1S/C15H24N2/c1-12-6-4-7-13(2)14(12)17-11-15(10-16-3)8-5-9-15/h4,6-7,16-17H,5,8-11H2,1-3H3. The van der Waals surface area contributed by atoms with Gasteiger partial charge in [0.2, 0.25) is 0 Å². The highest BCUT2D eigenvalue weighted by Gasteiger charge is 2.36. The third-order valence-electron chi connectivity index (χ3n) is 4.09. The number of nitrogens with one attached hydrogen (secondary N) is 2.